The van der Waals surface area contributed by atoms with E-state index in [1.54, 1.807) is 0 Å². The number of nitrogens with zero attached hydrogens (tertiary/aromatic N) is 2. The van der Waals surface area contributed by atoms with Crippen LogP contribution in [0.5, 0.6) is 5.75 Å². The van der Waals surface area contributed by atoms with Crippen molar-refractivity contribution in [2.75, 3.05) is 0 Å². The number of hydrogen-bond donors (Lipinski definition) is 0. The van der Waals surface area contributed by atoms with Crippen LogP contribution in [0.2, 0.25) is 0 Å². The standard InChI is InChI=1S/C16H13BrN2O2S/c17-13-6-4-5-12(9-13)11-22-16-19-18-15(21-16)10-20-14-7-2-1-3-8-14/h1-9H,10-11H2. The molecule has 0 amide bonds. The lowest BCUT2D eigenvalue weighted by Gasteiger charge is -2.01. The highest BCUT2D eigenvalue weighted by Crippen LogP contribution is 2.23. The van der Waals surface area contributed by atoms with Crippen molar-refractivity contribution >= 4 is 27.7 Å². The molecule has 1 aromatic heterocycles. The summed E-state index contributed by atoms with van der Waals surface area (Å²) in [6.45, 7) is 0.272. The van der Waals surface area contributed by atoms with Crippen LogP contribution in [0.3, 0.4) is 0 Å². The number of para-hydroxylation sites is 1. The van der Waals surface area contributed by atoms with Crippen molar-refractivity contribution < 1.29 is 9.15 Å². The summed E-state index contributed by atoms with van der Waals surface area (Å²) in [6.07, 6.45) is 0. The molecule has 0 spiro atoms. The van der Waals surface area contributed by atoms with Crippen LogP contribution in [-0.2, 0) is 12.4 Å². The topological polar surface area (TPSA) is 48.2 Å². The van der Waals surface area contributed by atoms with E-state index >= 15 is 0 Å². The Labute approximate surface area is 141 Å². The third-order valence-electron chi connectivity index (χ3n) is 2.81. The molecule has 3 aromatic rings. The smallest absolute Gasteiger partial charge is 0.277 e. The molecule has 6 heteroatoms. The molecule has 22 heavy (non-hydrogen) atoms. The average Bonchev–Trinajstić information content (AvgIpc) is 3.00. The molecule has 0 unspecified atom stereocenters. The Morgan fingerprint density at radius 3 is 2.73 bits per heavy atom. The predicted octanol–water partition coefficient (Wildman–Crippen LogP) is 4.70. The van der Waals surface area contributed by atoms with Crippen LogP contribution in [0.15, 0.2) is 68.7 Å². The van der Waals surface area contributed by atoms with E-state index in [-0.39, 0.29) is 6.61 Å². The molecule has 0 aliphatic carbocycles. The Morgan fingerprint density at radius 1 is 1.05 bits per heavy atom. The first kappa shape index (κ1) is 15.1. The first-order chi connectivity index (χ1) is 10.8. The molecule has 0 atom stereocenters. The van der Waals surface area contributed by atoms with E-state index in [0.29, 0.717) is 11.1 Å². The van der Waals surface area contributed by atoms with Gasteiger partial charge in [-0.25, -0.2) is 0 Å². The molecular weight excluding hydrogens is 364 g/mol. The summed E-state index contributed by atoms with van der Waals surface area (Å²) < 4.78 is 12.2. The summed E-state index contributed by atoms with van der Waals surface area (Å²) >= 11 is 4.97. The van der Waals surface area contributed by atoms with E-state index in [2.05, 4.69) is 38.3 Å². The van der Waals surface area contributed by atoms with Crippen LogP contribution in [0.1, 0.15) is 11.5 Å². The van der Waals surface area contributed by atoms with Gasteiger partial charge in [-0.1, -0.05) is 58.0 Å². The van der Waals surface area contributed by atoms with Gasteiger partial charge in [-0.05, 0) is 29.8 Å². The Hall–Kier alpha value is -1.79. The van der Waals surface area contributed by atoms with Gasteiger partial charge >= 0.3 is 0 Å². The Balaban J connectivity index is 1.53. The van der Waals surface area contributed by atoms with Gasteiger partial charge in [-0.15, -0.1) is 10.2 Å². The molecular formula is C16H13BrN2O2S. The van der Waals surface area contributed by atoms with Crippen molar-refractivity contribution in [3.05, 3.63) is 70.5 Å². The second-order valence-corrected chi connectivity index (χ2v) is 6.32. The molecule has 112 valence electrons. The minimum absolute atomic E-state index is 0.272. The van der Waals surface area contributed by atoms with Crippen molar-refractivity contribution in [2.24, 2.45) is 0 Å². The van der Waals surface area contributed by atoms with Gasteiger partial charge in [0.2, 0.25) is 0 Å². The molecule has 2 aromatic carbocycles. The zero-order chi connectivity index (χ0) is 15.2. The van der Waals surface area contributed by atoms with E-state index in [4.69, 9.17) is 9.15 Å². The summed E-state index contributed by atoms with van der Waals surface area (Å²) in [5.41, 5.74) is 1.19. The first-order valence-corrected chi connectivity index (χ1v) is 8.45. The molecule has 0 bridgehead atoms. The van der Waals surface area contributed by atoms with E-state index in [1.807, 2.05) is 42.5 Å². The Morgan fingerprint density at radius 2 is 1.91 bits per heavy atom. The van der Waals surface area contributed by atoms with Gasteiger partial charge in [0.05, 0.1) is 0 Å². The van der Waals surface area contributed by atoms with Gasteiger partial charge in [-0.3, -0.25) is 0 Å². The van der Waals surface area contributed by atoms with Gasteiger partial charge in [-0.2, -0.15) is 0 Å². The maximum atomic E-state index is 5.57. The zero-order valence-corrected chi connectivity index (χ0v) is 14.0. The third kappa shape index (κ3) is 4.35. The number of aromatic nitrogens is 2. The molecule has 0 aliphatic rings. The zero-order valence-electron chi connectivity index (χ0n) is 11.6. The highest BCUT2D eigenvalue weighted by Gasteiger charge is 2.08. The van der Waals surface area contributed by atoms with E-state index in [0.717, 1.165) is 16.0 Å². The quantitative estimate of drug-likeness (QED) is 0.583. The van der Waals surface area contributed by atoms with E-state index in [9.17, 15) is 0 Å². The third-order valence-corrected chi connectivity index (χ3v) is 4.19. The van der Waals surface area contributed by atoms with E-state index in [1.165, 1.54) is 17.3 Å². The van der Waals surface area contributed by atoms with Gasteiger partial charge in [0.15, 0.2) is 6.61 Å². The number of thioether (sulfide) groups is 1. The van der Waals surface area contributed by atoms with Crippen LogP contribution < -0.4 is 4.74 Å². The molecule has 0 fully saturated rings. The second kappa shape index (κ2) is 7.47. The summed E-state index contributed by atoms with van der Waals surface area (Å²) in [6, 6.07) is 17.7. The fourth-order valence-corrected chi connectivity index (χ4v) is 2.96. The highest BCUT2D eigenvalue weighted by molar-refractivity contribution is 9.10. The van der Waals surface area contributed by atoms with Crippen LogP contribution in [-0.4, -0.2) is 10.2 Å². The molecule has 0 aliphatic heterocycles. The number of benzene rings is 2. The number of rotatable bonds is 6. The first-order valence-electron chi connectivity index (χ1n) is 6.67. The normalized spacial score (nSPS) is 10.6. The van der Waals surface area contributed by atoms with Crippen molar-refractivity contribution in [1.29, 1.82) is 0 Å². The van der Waals surface area contributed by atoms with Gasteiger partial charge in [0.25, 0.3) is 11.1 Å². The van der Waals surface area contributed by atoms with Crippen molar-refractivity contribution in [3.8, 4) is 5.75 Å². The van der Waals surface area contributed by atoms with Crippen LogP contribution in [0, 0.1) is 0 Å². The molecule has 0 radical (unpaired) electrons. The summed E-state index contributed by atoms with van der Waals surface area (Å²) in [4.78, 5) is 0. The summed E-state index contributed by atoms with van der Waals surface area (Å²) in [5, 5.41) is 8.56. The number of halogens is 1. The fraction of sp³-hybridized carbons (Fsp3) is 0.125. The molecule has 0 saturated carbocycles. The lowest BCUT2D eigenvalue weighted by molar-refractivity contribution is 0.252. The summed E-state index contributed by atoms with van der Waals surface area (Å²) in [5.74, 6) is 2.03. The molecule has 0 saturated heterocycles. The van der Waals surface area contributed by atoms with Crippen LogP contribution >= 0.6 is 27.7 Å². The SMILES string of the molecule is Brc1cccc(CSc2nnc(COc3ccccc3)o2)c1. The highest BCUT2D eigenvalue weighted by atomic mass is 79.9. The van der Waals surface area contributed by atoms with Crippen LogP contribution in [0.25, 0.3) is 0 Å². The lowest BCUT2D eigenvalue weighted by atomic mass is 10.2. The maximum Gasteiger partial charge on any atom is 0.277 e. The molecule has 4 nitrogen and oxygen atoms in total. The minimum atomic E-state index is 0.272. The van der Waals surface area contributed by atoms with Gasteiger partial charge in [0, 0.05) is 10.2 Å². The number of hydrogen-bond acceptors (Lipinski definition) is 5. The monoisotopic (exact) mass is 376 g/mol. The molecule has 0 N–H and O–H groups in total. The van der Waals surface area contributed by atoms with Crippen molar-refractivity contribution in [1.82, 2.24) is 10.2 Å². The van der Waals surface area contributed by atoms with Crippen LogP contribution in [0.4, 0.5) is 0 Å². The Kier molecular flexibility index (Phi) is 5.13. The summed E-state index contributed by atoms with van der Waals surface area (Å²) in [7, 11) is 0. The lowest BCUT2D eigenvalue weighted by Crippen LogP contribution is -1.95. The molecule has 1 heterocycles. The fourth-order valence-electron chi connectivity index (χ4n) is 1.79. The molecule has 3 rings (SSSR count). The van der Waals surface area contributed by atoms with Gasteiger partial charge < -0.3 is 9.15 Å². The number of ether oxygens (including phenoxy) is 1. The largest absolute Gasteiger partial charge is 0.484 e. The minimum Gasteiger partial charge on any atom is -0.484 e. The van der Waals surface area contributed by atoms with Crippen molar-refractivity contribution in [2.45, 2.75) is 17.6 Å². The average molecular weight is 377 g/mol. The Bertz CT molecular complexity index is 734. The van der Waals surface area contributed by atoms with E-state index < -0.39 is 0 Å². The maximum absolute atomic E-state index is 5.57. The second-order valence-electron chi connectivity index (χ2n) is 4.48. The van der Waals surface area contributed by atoms with Gasteiger partial charge in [0.1, 0.15) is 5.75 Å². The predicted molar refractivity (Wildman–Crippen MR) is 88.8 cm³/mol. The van der Waals surface area contributed by atoms with Crippen molar-refractivity contribution in [3.63, 3.8) is 0 Å².